The molecular weight excluding hydrogens is 376 g/mol. The van der Waals surface area contributed by atoms with Gasteiger partial charge >= 0.3 is 0 Å². The normalized spacial score (nSPS) is 25.3. The van der Waals surface area contributed by atoms with Gasteiger partial charge in [-0.1, -0.05) is 12.1 Å². The second-order valence-corrected chi connectivity index (χ2v) is 8.45. The van der Waals surface area contributed by atoms with Gasteiger partial charge in [0, 0.05) is 17.0 Å². The lowest BCUT2D eigenvalue weighted by Crippen LogP contribution is -2.35. The molecule has 0 saturated heterocycles. The zero-order valence-electron chi connectivity index (χ0n) is 16.7. The lowest BCUT2D eigenvalue weighted by molar-refractivity contribution is 0.0932. The molecule has 6 heteroatoms. The first-order valence-corrected chi connectivity index (χ1v) is 10.3. The zero-order chi connectivity index (χ0) is 20.8. The average Bonchev–Trinajstić information content (AvgIpc) is 3.28. The SMILES string of the molecule is CC(NC(=O)c1ccc(C#N)cc1)C1[C@H]2CC(n3ncc(=O)c4ccccc43)C[C@@H]12. The number of nitrogens with one attached hydrogen (secondary N) is 1. The van der Waals surface area contributed by atoms with Crippen LogP contribution < -0.4 is 10.7 Å². The maximum absolute atomic E-state index is 12.5. The van der Waals surface area contributed by atoms with Crippen molar-refractivity contribution in [1.82, 2.24) is 15.1 Å². The summed E-state index contributed by atoms with van der Waals surface area (Å²) in [5.74, 6) is 1.54. The number of hydrogen-bond acceptors (Lipinski definition) is 4. The third-order valence-corrected chi connectivity index (χ3v) is 6.76. The molecule has 1 N–H and O–H groups in total. The van der Waals surface area contributed by atoms with Crippen molar-refractivity contribution in [3.8, 4) is 6.07 Å². The molecule has 0 aliphatic heterocycles. The fraction of sp³-hybridized carbons (Fsp3) is 0.333. The van der Waals surface area contributed by atoms with E-state index in [1.54, 1.807) is 24.3 Å². The van der Waals surface area contributed by atoms with Crippen LogP contribution in [0.15, 0.2) is 59.5 Å². The topological polar surface area (TPSA) is 87.8 Å². The van der Waals surface area contributed by atoms with Crippen LogP contribution in [0.5, 0.6) is 0 Å². The molecule has 150 valence electrons. The number of rotatable bonds is 4. The summed E-state index contributed by atoms with van der Waals surface area (Å²) in [7, 11) is 0. The van der Waals surface area contributed by atoms with Gasteiger partial charge in [0.15, 0.2) is 0 Å². The Bertz CT molecular complexity index is 1210. The van der Waals surface area contributed by atoms with E-state index < -0.39 is 0 Å². The Morgan fingerprint density at radius 1 is 1.17 bits per heavy atom. The quantitative estimate of drug-likeness (QED) is 0.731. The van der Waals surface area contributed by atoms with Crippen LogP contribution in [0.25, 0.3) is 10.9 Å². The van der Waals surface area contributed by atoms with E-state index in [4.69, 9.17) is 5.26 Å². The van der Waals surface area contributed by atoms with Crippen molar-refractivity contribution in [2.75, 3.05) is 0 Å². The van der Waals surface area contributed by atoms with Crippen LogP contribution >= 0.6 is 0 Å². The Kier molecular flexibility index (Phi) is 4.39. The van der Waals surface area contributed by atoms with Crippen LogP contribution in [0.4, 0.5) is 0 Å². The summed E-state index contributed by atoms with van der Waals surface area (Å²) < 4.78 is 2.01. The maximum atomic E-state index is 12.5. The third-order valence-electron chi connectivity index (χ3n) is 6.76. The number of benzene rings is 2. The standard InChI is InChI=1S/C24H22N4O2/c1-14(27-24(30)16-8-6-15(12-25)7-9-16)23-19-10-17(11-20(19)23)28-21-5-3-2-4-18(21)22(29)13-26-28/h2-9,13-14,17,19-20,23H,10-11H2,1H3,(H,27,30)/t14?,17?,19-,20+,23?. The second-order valence-electron chi connectivity index (χ2n) is 8.45. The molecule has 5 rings (SSSR count). The molecule has 30 heavy (non-hydrogen) atoms. The molecule has 2 saturated carbocycles. The number of aromatic nitrogens is 2. The van der Waals surface area contributed by atoms with Crippen molar-refractivity contribution < 1.29 is 4.79 Å². The van der Waals surface area contributed by atoms with Gasteiger partial charge in [-0.15, -0.1) is 0 Å². The molecule has 1 aromatic heterocycles. The monoisotopic (exact) mass is 398 g/mol. The van der Waals surface area contributed by atoms with Crippen molar-refractivity contribution in [1.29, 1.82) is 5.26 Å². The van der Waals surface area contributed by atoms with Gasteiger partial charge in [0.1, 0.15) is 0 Å². The highest BCUT2D eigenvalue weighted by molar-refractivity contribution is 5.94. The van der Waals surface area contributed by atoms with E-state index in [2.05, 4.69) is 23.4 Å². The van der Waals surface area contributed by atoms with Gasteiger partial charge in [-0.3, -0.25) is 14.3 Å². The van der Waals surface area contributed by atoms with Gasteiger partial charge < -0.3 is 5.32 Å². The Balaban J connectivity index is 1.25. The van der Waals surface area contributed by atoms with E-state index in [0.717, 1.165) is 18.4 Å². The zero-order valence-corrected chi connectivity index (χ0v) is 16.7. The van der Waals surface area contributed by atoms with Crippen LogP contribution in [-0.4, -0.2) is 21.7 Å². The Morgan fingerprint density at radius 3 is 2.57 bits per heavy atom. The number of fused-ring (bicyclic) bond motifs is 2. The van der Waals surface area contributed by atoms with Crippen LogP contribution in [0.3, 0.4) is 0 Å². The van der Waals surface area contributed by atoms with Crippen molar-refractivity contribution in [3.05, 3.63) is 76.1 Å². The first-order chi connectivity index (χ1) is 14.6. The summed E-state index contributed by atoms with van der Waals surface area (Å²) >= 11 is 0. The largest absolute Gasteiger partial charge is 0.349 e. The predicted octanol–water partition coefficient (Wildman–Crippen LogP) is 3.28. The van der Waals surface area contributed by atoms with Gasteiger partial charge in [0.05, 0.1) is 29.4 Å². The van der Waals surface area contributed by atoms with E-state index >= 15 is 0 Å². The molecule has 1 heterocycles. The van der Waals surface area contributed by atoms with Gasteiger partial charge in [0.25, 0.3) is 5.91 Å². The molecule has 3 aromatic rings. The minimum Gasteiger partial charge on any atom is -0.349 e. The van der Waals surface area contributed by atoms with Gasteiger partial charge in [0.2, 0.25) is 5.43 Å². The number of para-hydroxylation sites is 1. The molecule has 0 radical (unpaired) electrons. The van der Waals surface area contributed by atoms with Crippen LogP contribution in [-0.2, 0) is 0 Å². The van der Waals surface area contributed by atoms with Crippen molar-refractivity contribution >= 4 is 16.8 Å². The van der Waals surface area contributed by atoms with Crippen LogP contribution in [0, 0.1) is 29.1 Å². The molecule has 2 aromatic carbocycles. The van der Waals surface area contributed by atoms with Crippen molar-refractivity contribution in [3.63, 3.8) is 0 Å². The molecular formula is C24H22N4O2. The predicted molar refractivity (Wildman–Crippen MR) is 113 cm³/mol. The molecule has 2 aliphatic rings. The molecule has 5 atom stereocenters. The second kappa shape index (κ2) is 7.10. The number of amides is 1. The number of hydrogen-bond donors (Lipinski definition) is 1. The summed E-state index contributed by atoms with van der Waals surface area (Å²) in [6.45, 7) is 2.08. The van der Waals surface area contributed by atoms with E-state index in [1.165, 1.54) is 6.20 Å². The van der Waals surface area contributed by atoms with E-state index in [1.807, 2.05) is 28.9 Å². The highest BCUT2D eigenvalue weighted by atomic mass is 16.1. The van der Waals surface area contributed by atoms with Gasteiger partial charge in [-0.05, 0) is 73.9 Å². The minimum atomic E-state index is -0.0958. The first kappa shape index (κ1) is 18.6. The highest BCUT2D eigenvalue weighted by Crippen LogP contribution is 2.62. The third kappa shape index (κ3) is 3.07. The van der Waals surface area contributed by atoms with Gasteiger partial charge in [-0.2, -0.15) is 10.4 Å². The van der Waals surface area contributed by atoms with E-state index in [-0.39, 0.29) is 17.4 Å². The van der Waals surface area contributed by atoms with Crippen LogP contribution in [0.2, 0.25) is 0 Å². The summed E-state index contributed by atoms with van der Waals surface area (Å²) in [4.78, 5) is 24.6. The van der Waals surface area contributed by atoms with E-state index in [9.17, 15) is 9.59 Å². The highest BCUT2D eigenvalue weighted by Gasteiger charge is 2.58. The molecule has 0 spiro atoms. The smallest absolute Gasteiger partial charge is 0.251 e. The minimum absolute atomic E-state index is 0.0398. The lowest BCUT2D eigenvalue weighted by Gasteiger charge is -2.21. The fourth-order valence-electron chi connectivity index (χ4n) is 5.31. The summed E-state index contributed by atoms with van der Waals surface area (Å²) in [5.41, 5.74) is 1.98. The molecule has 1 amide bonds. The van der Waals surface area contributed by atoms with Crippen LogP contribution in [0.1, 0.15) is 41.7 Å². The van der Waals surface area contributed by atoms with E-state index in [0.29, 0.717) is 40.3 Å². The summed E-state index contributed by atoms with van der Waals surface area (Å²) in [6.07, 6.45) is 3.46. The Morgan fingerprint density at radius 2 is 1.87 bits per heavy atom. The fourth-order valence-corrected chi connectivity index (χ4v) is 5.31. The summed E-state index contributed by atoms with van der Waals surface area (Å²) in [5, 5.41) is 17.2. The van der Waals surface area contributed by atoms with Crippen molar-refractivity contribution in [2.24, 2.45) is 17.8 Å². The Hall–Kier alpha value is -3.46. The number of carbonyl (C=O) groups is 1. The Labute approximate surface area is 174 Å². The van der Waals surface area contributed by atoms with Crippen molar-refractivity contribution in [2.45, 2.75) is 31.8 Å². The molecule has 0 bridgehead atoms. The first-order valence-electron chi connectivity index (χ1n) is 10.3. The number of nitriles is 1. The average molecular weight is 398 g/mol. The summed E-state index contributed by atoms with van der Waals surface area (Å²) in [6, 6.07) is 16.8. The lowest BCUT2D eigenvalue weighted by atomic mass is 10.0. The maximum Gasteiger partial charge on any atom is 0.251 e. The molecule has 3 unspecified atom stereocenters. The number of nitrogens with zero attached hydrogens (tertiary/aromatic N) is 3. The molecule has 2 aliphatic carbocycles. The molecule has 2 fully saturated rings. The van der Waals surface area contributed by atoms with Gasteiger partial charge in [-0.25, -0.2) is 0 Å². The molecule has 6 nitrogen and oxygen atoms in total. The number of carbonyl (C=O) groups excluding carboxylic acids is 1.